The fraction of sp³-hybridized carbons (Fsp3) is 0.174. The van der Waals surface area contributed by atoms with Gasteiger partial charge in [0.15, 0.2) is 11.5 Å². The van der Waals surface area contributed by atoms with Crippen LogP contribution in [0, 0.1) is 0 Å². The highest BCUT2D eigenvalue weighted by Crippen LogP contribution is 2.40. The highest BCUT2D eigenvalue weighted by atomic mass is 16.3. The Morgan fingerprint density at radius 2 is 1.93 bits per heavy atom. The zero-order valence-electron chi connectivity index (χ0n) is 16.6. The third-order valence-corrected chi connectivity index (χ3v) is 5.09. The van der Waals surface area contributed by atoms with Gasteiger partial charge in [0.25, 0.3) is 5.91 Å². The number of hydrogen-bond acceptors (Lipinski definition) is 6. The molecule has 1 atom stereocenters. The van der Waals surface area contributed by atoms with Crippen molar-refractivity contribution < 1.29 is 19.1 Å². The van der Waals surface area contributed by atoms with Gasteiger partial charge >= 0.3 is 0 Å². The Morgan fingerprint density at radius 1 is 1.17 bits per heavy atom. The van der Waals surface area contributed by atoms with Crippen molar-refractivity contribution in [3.05, 3.63) is 95.4 Å². The number of rotatable bonds is 6. The van der Waals surface area contributed by atoms with Crippen LogP contribution in [0.5, 0.6) is 0 Å². The van der Waals surface area contributed by atoms with Crippen molar-refractivity contribution in [2.45, 2.75) is 12.6 Å². The lowest BCUT2D eigenvalue weighted by atomic mass is 9.94. The molecule has 0 aliphatic carbocycles. The molecule has 7 nitrogen and oxygen atoms in total. The molecule has 1 aromatic carbocycles. The smallest absolute Gasteiger partial charge is 0.290 e. The van der Waals surface area contributed by atoms with Crippen LogP contribution >= 0.6 is 0 Å². The Bertz CT molecular complexity index is 1090. The molecule has 152 valence electrons. The molecule has 0 fully saturated rings. The summed E-state index contributed by atoms with van der Waals surface area (Å²) >= 11 is 0. The Kier molecular flexibility index (Phi) is 5.10. The van der Waals surface area contributed by atoms with Crippen molar-refractivity contribution in [1.29, 1.82) is 0 Å². The first kappa shape index (κ1) is 19.4. The first-order valence-corrected chi connectivity index (χ1v) is 9.46. The van der Waals surface area contributed by atoms with Gasteiger partial charge in [0.05, 0.1) is 17.9 Å². The molecule has 30 heavy (non-hydrogen) atoms. The van der Waals surface area contributed by atoms with Crippen LogP contribution in [-0.4, -0.2) is 40.8 Å². The number of aromatic nitrogens is 1. The van der Waals surface area contributed by atoms with Gasteiger partial charge in [-0.05, 0) is 41.5 Å². The zero-order valence-corrected chi connectivity index (χ0v) is 16.6. The van der Waals surface area contributed by atoms with Crippen molar-refractivity contribution in [3.8, 4) is 0 Å². The van der Waals surface area contributed by atoms with Crippen LogP contribution in [0.25, 0.3) is 0 Å². The van der Waals surface area contributed by atoms with E-state index in [9.17, 15) is 14.7 Å². The molecule has 1 N–H and O–H groups in total. The number of pyridine rings is 1. The number of furan rings is 1. The average Bonchev–Trinajstić information content (AvgIpc) is 3.37. The number of nitrogens with zero attached hydrogens (tertiary/aromatic N) is 3. The van der Waals surface area contributed by atoms with E-state index >= 15 is 0 Å². The molecular weight excluding hydrogens is 382 g/mol. The maximum atomic E-state index is 13.1. The molecule has 0 radical (unpaired) electrons. The SMILES string of the molecule is CN(C)c1ccc(C2C(C(=O)c3ccco3)=C(O)C(=O)N2Cc2cccnc2)cc1. The molecule has 3 aromatic rings. The van der Waals surface area contributed by atoms with Gasteiger partial charge in [-0.25, -0.2) is 0 Å². The molecule has 0 saturated carbocycles. The zero-order chi connectivity index (χ0) is 21.3. The Labute approximate surface area is 173 Å². The summed E-state index contributed by atoms with van der Waals surface area (Å²) in [5, 5.41) is 10.7. The average molecular weight is 403 g/mol. The summed E-state index contributed by atoms with van der Waals surface area (Å²) in [6.45, 7) is 0.200. The molecule has 4 rings (SSSR count). The molecule has 1 aliphatic rings. The topological polar surface area (TPSA) is 86.9 Å². The van der Waals surface area contributed by atoms with E-state index in [1.165, 1.54) is 17.2 Å². The van der Waals surface area contributed by atoms with Crippen LogP contribution in [0.3, 0.4) is 0 Å². The van der Waals surface area contributed by atoms with Crippen molar-refractivity contribution in [2.75, 3.05) is 19.0 Å². The first-order valence-electron chi connectivity index (χ1n) is 9.46. The second kappa shape index (κ2) is 7.87. The standard InChI is InChI=1S/C23H21N3O4/c1-25(2)17-9-7-16(8-10-17)20-19(21(27)18-6-4-12-30-18)22(28)23(29)26(20)14-15-5-3-11-24-13-15/h3-13,20,28H,14H2,1-2H3. The summed E-state index contributed by atoms with van der Waals surface area (Å²) < 4.78 is 5.24. The van der Waals surface area contributed by atoms with Crippen LogP contribution in [0.15, 0.2) is 82.9 Å². The minimum Gasteiger partial charge on any atom is -0.503 e. The number of carbonyl (C=O) groups excluding carboxylic acids is 2. The Morgan fingerprint density at radius 3 is 2.53 bits per heavy atom. The number of carbonyl (C=O) groups is 2. The Hall–Kier alpha value is -3.87. The van der Waals surface area contributed by atoms with E-state index in [1.54, 1.807) is 24.5 Å². The lowest BCUT2D eigenvalue weighted by Crippen LogP contribution is -2.30. The number of anilines is 1. The maximum absolute atomic E-state index is 13.1. The number of ketones is 1. The van der Waals surface area contributed by atoms with Crippen LogP contribution in [0.4, 0.5) is 5.69 Å². The molecule has 2 aromatic heterocycles. The molecular formula is C23H21N3O4. The highest BCUT2D eigenvalue weighted by molar-refractivity contribution is 6.15. The van der Waals surface area contributed by atoms with Gasteiger partial charge < -0.3 is 19.3 Å². The van der Waals surface area contributed by atoms with E-state index < -0.39 is 23.5 Å². The van der Waals surface area contributed by atoms with Crippen molar-refractivity contribution in [1.82, 2.24) is 9.88 Å². The molecule has 7 heteroatoms. The van der Waals surface area contributed by atoms with Crippen molar-refractivity contribution in [3.63, 3.8) is 0 Å². The second-order valence-electron chi connectivity index (χ2n) is 7.25. The fourth-order valence-corrected chi connectivity index (χ4v) is 3.58. The van der Waals surface area contributed by atoms with E-state index in [4.69, 9.17) is 4.42 Å². The summed E-state index contributed by atoms with van der Waals surface area (Å²) in [4.78, 5) is 33.6. The molecule has 1 unspecified atom stereocenters. The van der Waals surface area contributed by atoms with Gasteiger partial charge in [0.2, 0.25) is 5.78 Å². The summed E-state index contributed by atoms with van der Waals surface area (Å²) in [5.41, 5.74) is 2.50. The number of hydrogen-bond donors (Lipinski definition) is 1. The number of aliphatic hydroxyl groups is 1. The van der Waals surface area contributed by atoms with Gasteiger partial charge in [0, 0.05) is 38.7 Å². The summed E-state index contributed by atoms with van der Waals surface area (Å²) in [6.07, 6.45) is 4.69. The molecule has 3 heterocycles. The van der Waals surface area contributed by atoms with Gasteiger partial charge in [-0.1, -0.05) is 18.2 Å². The number of aliphatic hydroxyl groups excluding tert-OH is 1. The third kappa shape index (κ3) is 3.45. The fourth-order valence-electron chi connectivity index (χ4n) is 3.58. The number of Topliss-reactive ketones (excluding diaryl/α,β-unsaturated/α-hetero) is 1. The van der Waals surface area contributed by atoms with Crippen molar-refractivity contribution >= 4 is 17.4 Å². The molecule has 0 spiro atoms. The normalized spacial score (nSPS) is 16.3. The third-order valence-electron chi connectivity index (χ3n) is 5.09. The number of benzene rings is 1. The van der Waals surface area contributed by atoms with Crippen molar-refractivity contribution in [2.24, 2.45) is 0 Å². The maximum Gasteiger partial charge on any atom is 0.290 e. The van der Waals surface area contributed by atoms with Crippen LogP contribution in [-0.2, 0) is 11.3 Å². The van der Waals surface area contributed by atoms with Gasteiger partial charge in [-0.2, -0.15) is 0 Å². The molecule has 0 bridgehead atoms. The molecule has 1 amide bonds. The lowest BCUT2D eigenvalue weighted by Gasteiger charge is -2.27. The predicted octanol–water partition coefficient (Wildman–Crippen LogP) is 3.52. The Balaban J connectivity index is 1.78. The predicted molar refractivity (Wildman–Crippen MR) is 111 cm³/mol. The van der Waals surface area contributed by atoms with Crippen LogP contribution in [0.2, 0.25) is 0 Å². The van der Waals surface area contributed by atoms with E-state index in [0.29, 0.717) is 0 Å². The summed E-state index contributed by atoms with van der Waals surface area (Å²) in [6, 6.07) is 13.5. The first-order chi connectivity index (χ1) is 14.5. The molecule has 1 aliphatic heterocycles. The highest BCUT2D eigenvalue weighted by Gasteiger charge is 2.44. The van der Waals surface area contributed by atoms with Crippen LogP contribution < -0.4 is 4.90 Å². The van der Waals surface area contributed by atoms with E-state index in [-0.39, 0.29) is 17.9 Å². The van der Waals surface area contributed by atoms with E-state index in [2.05, 4.69) is 4.98 Å². The summed E-state index contributed by atoms with van der Waals surface area (Å²) in [5.74, 6) is -1.60. The van der Waals surface area contributed by atoms with E-state index in [0.717, 1.165) is 16.8 Å². The minimum absolute atomic E-state index is 0.0106. The van der Waals surface area contributed by atoms with Gasteiger partial charge in [-0.3, -0.25) is 14.6 Å². The largest absolute Gasteiger partial charge is 0.503 e. The van der Waals surface area contributed by atoms with E-state index in [1.807, 2.05) is 49.3 Å². The monoisotopic (exact) mass is 403 g/mol. The van der Waals surface area contributed by atoms with Gasteiger partial charge in [-0.15, -0.1) is 0 Å². The quantitative estimate of drug-likeness (QED) is 0.634. The second-order valence-corrected chi connectivity index (χ2v) is 7.25. The van der Waals surface area contributed by atoms with Crippen LogP contribution in [0.1, 0.15) is 27.7 Å². The van der Waals surface area contributed by atoms with Gasteiger partial charge in [0.1, 0.15) is 0 Å². The number of amides is 1. The minimum atomic E-state index is -0.744. The lowest BCUT2D eigenvalue weighted by molar-refractivity contribution is -0.130. The molecule has 0 saturated heterocycles. The summed E-state index contributed by atoms with van der Waals surface area (Å²) in [7, 11) is 3.86.